The number of rotatable bonds is 3. The van der Waals surface area contributed by atoms with Crippen LogP contribution in [-0.4, -0.2) is 10.9 Å². The Hall–Kier alpha value is -3.65. The minimum Gasteiger partial charge on any atom is -0.383 e. The quantitative estimate of drug-likeness (QED) is 0.748. The van der Waals surface area contributed by atoms with E-state index in [2.05, 4.69) is 16.4 Å². The Labute approximate surface area is 152 Å². The first-order chi connectivity index (χ1) is 12.5. The number of nitrogens with zero attached hydrogens (tertiary/aromatic N) is 2. The number of carbonyl (C=O) groups excluding carboxylic acids is 1. The number of aryl methyl sites for hydroxylation is 1. The second kappa shape index (κ2) is 7.08. The fourth-order valence-corrected chi connectivity index (χ4v) is 2.80. The summed E-state index contributed by atoms with van der Waals surface area (Å²) in [6.45, 7) is 3.47. The predicted octanol–water partition coefficient (Wildman–Crippen LogP) is 4.14. The highest BCUT2D eigenvalue weighted by Crippen LogP contribution is 2.32. The van der Waals surface area contributed by atoms with E-state index in [9.17, 15) is 10.1 Å². The molecule has 26 heavy (non-hydrogen) atoms. The predicted molar refractivity (Wildman–Crippen MR) is 103 cm³/mol. The highest BCUT2D eigenvalue weighted by atomic mass is 16.1. The van der Waals surface area contributed by atoms with Crippen LogP contribution in [0.5, 0.6) is 0 Å². The van der Waals surface area contributed by atoms with Gasteiger partial charge in [0.2, 0.25) is 5.91 Å². The third kappa shape index (κ3) is 3.55. The molecule has 1 aromatic heterocycles. The third-order valence-electron chi connectivity index (χ3n) is 3.99. The molecule has 5 heteroatoms. The summed E-state index contributed by atoms with van der Waals surface area (Å²) in [6.07, 6.45) is 0. The van der Waals surface area contributed by atoms with Crippen LogP contribution in [0.1, 0.15) is 18.1 Å². The van der Waals surface area contributed by atoms with Crippen molar-refractivity contribution in [1.29, 1.82) is 5.26 Å². The summed E-state index contributed by atoms with van der Waals surface area (Å²) in [5.74, 6) is 0.0674. The zero-order valence-electron chi connectivity index (χ0n) is 14.6. The molecule has 0 unspecified atom stereocenters. The van der Waals surface area contributed by atoms with Crippen molar-refractivity contribution in [1.82, 2.24) is 4.98 Å². The molecule has 2 aromatic carbocycles. The lowest BCUT2D eigenvalue weighted by Gasteiger charge is -2.11. The van der Waals surface area contributed by atoms with Crippen molar-refractivity contribution in [2.75, 3.05) is 11.1 Å². The van der Waals surface area contributed by atoms with Gasteiger partial charge < -0.3 is 11.1 Å². The van der Waals surface area contributed by atoms with Gasteiger partial charge in [0.25, 0.3) is 0 Å². The summed E-state index contributed by atoms with van der Waals surface area (Å²) in [5, 5.41) is 12.2. The summed E-state index contributed by atoms with van der Waals surface area (Å²) in [7, 11) is 0. The molecule has 1 heterocycles. The highest BCUT2D eigenvalue weighted by molar-refractivity contribution is 5.89. The first-order valence-electron chi connectivity index (χ1n) is 8.13. The lowest BCUT2D eigenvalue weighted by molar-refractivity contribution is -0.114. The standard InChI is InChI=1S/C21H18N4O/c1-13-4-3-5-16(10-13)20-11-18(19(12-22)21(23)25-20)15-6-8-17(9-7-15)24-14(2)26/h3-11H,1-2H3,(H2,23,25)(H,24,26). The minimum absolute atomic E-state index is 0.134. The van der Waals surface area contributed by atoms with Gasteiger partial charge in [-0.25, -0.2) is 4.98 Å². The van der Waals surface area contributed by atoms with Crippen molar-refractivity contribution in [3.8, 4) is 28.5 Å². The van der Waals surface area contributed by atoms with Crippen molar-refractivity contribution in [3.63, 3.8) is 0 Å². The fourth-order valence-electron chi connectivity index (χ4n) is 2.80. The van der Waals surface area contributed by atoms with E-state index in [1.807, 2.05) is 49.4 Å². The average Bonchev–Trinajstić information content (AvgIpc) is 2.61. The maximum absolute atomic E-state index is 11.2. The van der Waals surface area contributed by atoms with Gasteiger partial charge in [0.15, 0.2) is 0 Å². The van der Waals surface area contributed by atoms with Gasteiger partial charge in [0.1, 0.15) is 17.5 Å². The molecule has 0 saturated carbocycles. The minimum atomic E-state index is -0.134. The molecule has 3 aromatic rings. The number of nitrogens with two attached hydrogens (primary N) is 1. The van der Waals surface area contributed by atoms with Crippen molar-refractivity contribution in [2.24, 2.45) is 0 Å². The molecule has 128 valence electrons. The molecule has 3 N–H and O–H groups in total. The van der Waals surface area contributed by atoms with E-state index in [1.54, 1.807) is 12.1 Å². The smallest absolute Gasteiger partial charge is 0.221 e. The average molecular weight is 342 g/mol. The summed E-state index contributed by atoms with van der Waals surface area (Å²) < 4.78 is 0. The van der Waals surface area contributed by atoms with Crippen LogP contribution in [-0.2, 0) is 4.79 Å². The Morgan fingerprint density at radius 3 is 2.46 bits per heavy atom. The number of nitrogens with one attached hydrogen (secondary N) is 1. The Balaban J connectivity index is 2.11. The fraction of sp³-hybridized carbons (Fsp3) is 0.0952. The van der Waals surface area contributed by atoms with E-state index in [0.717, 1.165) is 16.7 Å². The molecule has 3 rings (SSSR count). The molecule has 0 fully saturated rings. The third-order valence-corrected chi connectivity index (χ3v) is 3.99. The van der Waals surface area contributed by atoms with Crippen LogP contribution in [0.4, 0.5) is 11.5 Å². The first kappa shape index (κ1) is 17.2. The van der Waals surface area contributed by atoms with E-state index in [1.165, 1.54) is 6.92 Å². The monoisotopic (exact) mass is 342 g/mol. The molecule has 1 amide bonds. The van der Waals surface area contributed by atoms with Crippen LogP contribution in [0, 0.1) is 18.3 Å². The first-order valence-corrected chi connectivity index (χ1v) is 8.13. The van der Waals surface area contributed by atoms with E-state index >= 15 is 0 Å². The molecule has 0 saturated heterocycles. The normalized spacial score (nSPS) is 10.2. The number of pyridine rings is 1. The molecule has 0 bridgehead atoms. The summed E-state index contributed by atoms with van der Waals surface area (Å²) in [5.41, 5.74) is 11.4. The Kier molecular flexibility index (Phi) is 4.68. The summed E-state index contributed by atoms with van der Waals surface area (Å²) in [6, 6.07) is 19.3. The number of hydrogen-bond donors (Lipinski definition) is 2. The van der Waals surface area contributed by atoms with Crippen molar-refractivity contribution in [3.05, 3.63) is 65.7 Å². The molecule has 0 aliphatic carbocycles. The number of hydrogen-bond acceptors (Lipinski definition) is 4. The van der Waals surface area contributed by atoms with Crippen LogP contribution in [0.15, 0.2) is 54.6 Å². The van der Waals surface area contributed by atoms with E-state index < -0.39 is 0 Å². The SMILES string of the molecule is CC(=O)Nc1ccc(-c2cc(-c3cccc(C)c3)nc(N)c2C#N)cc1. The van der Waals surface area contributed by atoms with Crippen LogP contribution < -0.4 is 11.1 Å². The van der Waals surface area contributed by atoms with Gasteiger partial charge in [0, 0.05) is 23.7 Å². The number of nitriles is 1. The molecular weight excluding hydrogens is 324 g/mol. The number of anilines is 2. The van der Waals surface area contributed by atoms with E-state index in [4.69, 9.17) is 5.73 Å². The molecule has 0 radical (unpaired) electrons. The van der Waals surface area contributed by atoms with E-state index in [-0.39, 0.29) is 11.7 Å². The van der Waals surface area contributed by atoms with Crippen LogP contribution >= 0.6 is 0 Å². The lowest BCUT2D eigenvalue weighted by atomic mass is 9.98. The second-order valence-corrected chi connectivity index (χ2v) is 6.06. The molecule has 0 aliphatic heterocycles. The second-order valence-electron chi connectivity index (χ2n) is 6.06. The van der Waals surface area contributed by atoms with Crippen LogP contribution in [0.3, 0.4) is 0 Å². The Bertz CT molecular complexity index is 1020. The van der Waals surface area contributed by atoms with Gasteiger partial charge >= 0.3 is 0 Å². The van der Waals surface area contributed by atoms with E-state index in [0.29, 0.717) is 22.5 Å². The molecule has 0 aliphatic rings. The summed E-state index contributed by atoms with van der Waals surface area (Å²) in [4.78, 5) is 15.6. The van der Waals surface area contributed by atoms with Gasteiger partial charge in [-0.1, -0.05) is 35.9 Å². The zero-order valence-corrected chi connectivity index (χ0v) is 14.6. The van der Waals surface area contributed by atoms with Crippen molar-refractivity contribution >= 4 is 17.4 Å². The Morgan fingerprint density at radius 2 is 1.85 bits per heavy atom. The van der Waals surface area contributed by atoms with Crippen molar-refractivity contribution in [2.45, 2.75) is 13.8 Å². The zero-order chi connectivity index (χ0) is 18.7. The van der Waals surface area contributed by atoms with Crippen molar-refractivity contribution < 1.29 is 4.79 Å². The maximum Gasteiger partial charge on any atom is 0.221 e. The largest absolute Gasteiger partial charge is 0.383 e. The lowest BCUT2D eigenvalue weighted by Crippen LogP contribution is -2.05. The van der Waals surface area contributed by atoms with Gasteiger partial charge in [-0.15, -0.1) is 0 Å². The molecular formula is C21H18N4O. The maximum atomic E-state index is 11.2. The number of amides is 1. The van der Waals surface area contributed by atoms with Gasteiger partial charge in [-0.3, -0.25) is 4.79 Å². The number of nitrogen functional groups attached to an aromatic ring is 1. The molecule has 5 nitrogen and oxygen atoms in total. The highest BCUT2D eigenvalue weighted by Gasteiger charge is 2.13. The molecule has 0 spiro atoms. The van der Waals surface area contributed by atoms with Gasteiger partial charge in [-0.05, 0) is 36.8 Å². The van der Waals surface area contributed by atoms with Crippen LogP contribution in [0.2, 0.25) is 0 Å². The number of carbonyl (C=O) groups is 1. The van der Waals surface area contributed by atoms with Gasteiger partial charge in [0.05, 0.1) is 5.69 Å². The van der Waals surface area contributed by atoms with Crippen LogP contribution in [0.25, 0.3) is 22.4 Å². The van der Waals surface area contributed by atoms with Gasteiger partial charge in [-0.2, -0.15) is 5.26 Å². The number of benzene rings is 2. The summed E-state index contributed by atoms with van der Waals surface area (Å²) >= 11 is 0. The topological polar surface area (TPSA) is 91.8 Å². The Morgan fingerprint density at radius 1 is 1.12 bits per heavy atom. The molecule has 0 atom stereocenters. The number of aromatic nitrogens is 1.